The Bertz CT molecular complexity index is 788. The maximum Gasteiger partial charge on any atom is 0.416 e. The number of rotatable bonds is 5. The molecule has 0 heterocycles. The fourth-order valence-corrected chi connectivity index (χ4v) is 2.09. The SMILES string of the molecule is C[C@H](OC(=O)Cc1cccc(C(F)(F)F)c1)C(=O)Nc1ccc(F)cc1. The van der Waals surface area contributed by atoms with E-state index in [4.69, 9.17) is 4.74 Å². The second-order valence-corrected chi connectivity index (χ2v) is 5.50. The molecule has 0 fully saturated rings. The number of halogens is 4. The molecule has 0 saturated carbocycles. The second kappa shape index (κ2) is 7.99. The Labute approximate surface area is 146 Å². The van der Waals surface area contributed by atoms with Gasteiger partial charge in [0, 0.05) is 5.69 Å². The molecule has 0 saturated heterocycles. The fraction of sp³-hybridized carbons (Fsp3) is 0.222. The molecule has 1 amide bonds. The van der Waals surface area contributed by atoms with Crippen molar-refractivity contribution in [3.63, 3.8) is 0 Å². The highest BCUT2D eigenvalue weighted by Gasteiger charge is 2.30. The van der Waals surface area contributed by atoms with Gasteiger partial charge in [0.25, 0.3) is 5.91 Å². The Morgan fingerprint density at radius 3 is 2.38 bits per heavy atom. The van der Waals surface area contributed by atoms with Gasteiger partial charge in [-0.15, -0.1) is 0 Å². The van der Waals surface area contributed by atoms with Crippen molar-refractivity contribution < 1.29 is 31.9 Å². The van der Waals surface area contributed by atoms with E-state index in [1.54, 1.807) is 0 Å². The second-order valence-electron chi connectivity index (χ2n) is 5.50. The molecule has 0 unspecified atom stereocenters. The van der Waals surface area contributed by atoms with E-state index in [0.29, 0.717) is 5.69 Å². The predicted molar refractivity (Wildman–Crippen MR) is 85.7 cm³/mol. The molecule has 2 rings (SSSR count). The minimum Gasteiger partial charge on any atom is -0.452 e. The summed E-state index contributed by atoms with van der Waals surface area (Å²) in [6, 6.07) is 9.28. The molecular weight excluding hydrogens is 354 g/mol. The summed E-state index contributed by atoms with van der Waals surface area (Å²) in [5, 5.41) is 2.44. The average molecular weight is 369 g/mol. The number of amides is 1. The summed E-state index contributed by atoms with van der Waals surface area (Å²) in [7, 11) is 0. The van der Waals surface area contributed by atoms with Crippen LogP contribution in [0.3, 0.4) is 0 Å². The van der Waals surface area contributed by atoms with Crippen molar-refractivity contribution in [2.75, 3.05) is 5.32 Å². The van der Waals surface area contributed by atoms with Gasteiger partial charge in [0.1, 0.15) is 5.82 Å². The lowest BCUT2D eigenvalue weighted by Gasteiger charge is -2.14. The fourth-order valence-electron chi connectivity index (χ4n) is 2.09. The van der Waals surface area contributed by atoms with E-state index in [9.17, 15) is 27.2 Å². The van der Waals surface area contributed by atoms with Crippen LogP contribution in [0.5, 0.6) is 0 Å². The number of alkyl halides is 3. The summed E-state index contributed by atoms with van der Waals surface area (Å²) in [5.41, 5.74) is -0.432. The molecule has 0 radical (unpaired) electrons. The highest BCUT2D eigenvalue weighted by atomic mass is 19.4. The molecule has 138 valence electrons. The molecule has 0 spiro atoms. The van der Waals surface area contributed by atoms with E-state index >= 15 is 0 Å². The van der Waals surface area contributed by atoms with E-state index in [2.05, 4.69) is 5.32 Å². The number of anilines is 1. The maximum atomic E-state index is 12.8. The van der Waals surface area contributed by atoms with Gasteiger partial charge in [-0.25, -0.2) is 4.39 Å². The van der Waals surface area contributed by atoms with Crippen LogP contribution in [0.25, 0.3) is 0 Å². The molecule has 0 aliphatic rings. The number of carbonyl (C=O) groups excluding carboxylic acids is 2. The normalized spacial score (nSPS) is 12.3. The van der Waals surface area contributed by atoms with Crippen molar-refractivity contribution in [1.29, 1.82) is 0 Å². The van der Waals surface area contributed by atoms with Crippen LogP contribution in [0.15, 0.2) is 48.5 Å². The van der Waals surface area contributed by atoms with Crippen LogP contribution in [0.4, 0.5) is 23.2 Å². The monoisotopic (exact) mass is 369 g/mol. The highest BCUT2D eigenvalue weighted by Crippen LogP contribution is 2.29. The number of ether oxygens (including phenoxy) is 1. The zero-order valence-electron chi connectivity index (χ0n) is 13.6. The maximum absolute atomic E-state index is 12.8. The zero-order valence-corrected chi connectivity index (χ0v) is 13.6. The summed E-state index contributed by atoms with van der Waals surface area (Å²) in [4.78, 5) is 23.8. The zero-order chi connectivity index (χ0) is 19.3. The van der Waals surface area contributed by atoms with Crippen molar-refractivity contribution >= 4 is 17.6 Å². The molecule has 2 aromatic carbocycles. The van der Waals surface area contributed by atoms with E-state index in [0.717, 1.165) is 24.3 Å². The topological polar surface area (TPSA) is 55.4 Å². The average Bonchev–Trinajstić information content (AvgIpc) is 2.56. The van der Waals surface area contributed by atoms with Crippen molar-refractivity contribution in [2.45, 2.75) is 25.6 Å². The van der Waals surface area contributed by atoms with Crippen LogP contribution < -0.4 is 5.32 Å². The molecule has 0 aliphatic carbocycles. The molecular formula is C18H15F4NO3. The standard InChI is InChI=1S/C18H15F4NO3/c1-11(17(25)23-15-7-5-14(19)6-8-15)26-16(24)10-12-3-2-4-13(9-12)18(20,21)22/h2-9,11H,10H2,1H3,(H,23,25)/t11-/m0/s1. The summed E-state index contributed by atoms with van der Waals surface area (Å²) in [6.07, 6.45) is -6.08. The van der Waals surface area contributed by atoms with Crippen molar-refractivity contribution in [1.82, 2.24) is 0 Å². The first-order valence-electron chi connectivity index (χ1n) is 7.57. The molecule has 0 aromatic heterocycles. The van der Waals surface area contributed by atoms with Gasteiger partial charge < -0.3 is 10.1 Å². The third-order valence-corrected chi connectivity index (χ3v) is 3.39. The largest absolute Gasteiger partial charge is 0.452 e. The summed E-state index contributed by atoms with van der Waals surface area (Å²) in [6.45, 7) is 1.32. The van der Waals surface area contributed by atoms with Gasteiger partial charge in [-0.2, -0.15) is 13.2 Å². The number of benzene rings is 2. The van der Waals surface area contributed by atoms with Crippen LogP contribution in [0, 0.1) is 5.82 Å². The summed E-state index contributed by atoms with van der Waals surface area (Å²) < 4.78 is 55.7. The van der Waals surface area contributed by atoms with Crippen LogP contribution in [0.2, 0.25) is 0 Å². The van der Waals surface area contributed by atoms with Gasteiger partial charge in [0.2, 0.25) is 0 Å². The van der Waals surface area contributed by atoms with Gasteiger partial charge in [0.05, 0.1) is 12.0 Å². The van der Waals surface area contributed by atoms with Gasteiger partial charge >= 0.3 is 12.1 Å². The number of nitrogens with one attached hydrogen (secondary N) is 1. The van der Waals surface area contributed by atoms with E-state index < -0.39 is 42.0 Å². The number of esters is 1. The van der Waals surface area contributed by atoms with Gasteiger partial charge in [-0.05, 0) is 42.8 Å². The number of hydrogen-bond donors (Lipinski definition) is 1. The molecule has 2 aromatic rings. The highest BCUT2D eigenvalue weighted by molar-refractivity contribution is 5.95. The lowest BCUT2D eigenvalue weighted by atomic mass is 10.1. The first kappa shape index (κ1) is 19.4. The lowest BCUT2D eigenvalue weighted by Crippen LogP contribution is -2.30. The molecule has 8 heteroatoms. The first-order valence-corrected chi connectivity index (χ1v) is 7.57. The Kier molecular flexibility index (Phi) is 5.97. The third-order valence-electron chi connectivity index (χ3n) is 3.39. The Hall–Kier alpha value is -2.90. The molecule has 1 atom stereocenters. The summed E-state index contributed by atoms with van der Waals surface area (Å²) in [5.74, 6) is -1.95. The van der Waals surface area contributed by atoms with Crippen molar-refractivity contribution in [3.05, 3.63) is 65.5 Å². The molecule has 4 nitrogen and oxygen atoms in total. The van der Waals surface area contributed by atoms with Gasteiger partial charge in [0.15, 0.2) is 6.10 Å². The smallest absolute Gasteiger partial charge is 0.416 e. The Morgan fingerprint density at radius 1 is 1.12 bits per heavy atom. The number of carbonyl (C=O) groups is 2. The predicted octanol–water partition coefficient (Wildman–Crippen LogP) is 3.96. The Morgan fingerprint density at radius 2 is 1.77 bits per heavy atom. The molecule has 0 bridgehead atoms. The quantitative estimate of drug-likeness (QED) is 0.641. The summed E-state index contributed by atoms with van der Waals surface area (Å²) >= 11 is 0. The van der Waals surface area contributed by atoms with Crippen molar-refractivity contribution in [2.24, 2.45) is 0 Å². The van der Waals surface area contributed by atoms with Crippen LogP contribution in [0.1, 0.15) is 18.1 Å². The van der Waals surface area contributed by atoms with E-state index in [1.165, 1.54) is 31.2 Å². The van der Waals surface area contributed by atoms with Gasteiger partial charge in [-0.1, -0.05) is 18.2 Å². The Balaban J connectivity index is 1.92. The number of hydrogen-bond acceptors (Lipinski definition) is 3. The van der Waals surface area contributed by atoms with E-state index in [1.807, 2.05) is 0 Å². The first-order chi connectivity index (χ1) is 12.1. The third kappa shape index (κ3) is 5.58. The van der Waals surface area contributed by atoms with Crippen LogP contribution >= 0.6 is 0 Å². The molecule has 26 heavy (non-hydrogen) atoms. The van der Waals surface area contributed by atoms with Crippen molar-refractivity contribution in [3.8, 4) is 0 Å². The molecule has 1 N–H and O–H groups in total. The van der Waals surface area contributed by atoms with E-state index in [-0.39, 0.29) is 5.56 Å². The minimum atomic E-state index is -4.51. The lowest BCUT2D eigenvalue weighted by molar-refractivity contribution is -0.152. The van der Waals surface area contributed by atoms with Crippen LogP contribution in [-0.2, 0) is 26.9 Å². The molecule has 0 aliphatic heterocycles. The minimum absolute atomic E-state index is 0.121. The van der Waals surface area contributed by atoms with Crippen LogP contribution in [-0.4, -0.2) is 18.0 Å². The van der Waals surface area contributed by atoms with Gasteiger partial charge in [-0.3, -0.25) is 9.59 Å².